The van der Waals surface area contributed by atoms with Gasteiger partial charge in [0.15, 0.2) is 5.96 Å². The normalized spacial score (nSPS) is 20.4. The predicted molar refractivity (Wildman–Crippen MR) is 54.8 cm³/mol. The molecule has 1 aliphatic heterocycles. The maximum Gasteiger partial charge on any atom is 0.188 e. The third-order valence-corrected chi connectivity index (χ3v) is 2.57. The van der Waals surface area contributed by atoms with Crippen LogP contribution in [0.25, 0.3) is 0 Å². The molecule has 76 valence electrons. The Morgan fingerprint density at radius 1 is 1.15 bits per heavy atom. The van der Waals surface area contributed by atoms with Crippen molar-refractivity contribution >= 4 is 5.96 Å². The highest BCUT2D eigenvalue weighted by molar-refractivity contribution is 5.74. The van der Waals surface area contributed by atoms with Gasteiger partial charge in [-0.3, -0.25) is 10.3 Å². The average Bonchev–Trinajstić information content (AvgIpc) is 2.03. The molecule has 0 aromatic carbocycles. The van der Waals surface area contributed by atoms with Crippen LogP contribution < -0.4 is 5.73 Å². The lowest BCUT2D eigenvalue weighted by Gasteiger charge is -2.42. The first kappa shape index (κ1) is 10.3. The molecule has 0 unspecified atom stereocenters. The van der Waals surface area contributed by atoms with Crippen molar-refractivity contribution in [2.24, 2.45) is 5.73 Å². The Morgan fingerprint density at radius 2 is 1.62 bits per heavy atom. The standard InChI is InChI=1S/C9H20N4/c1-9(2,3)13-6-4-12(5-7-13)8(10)11/h4-7H2,1-3H3,(H3,10,11). The molecule has 13 heavy (non-hydrogen) atoms. The number of hydrogen-bond acceptors (Lipinski definition) is 2. The van der Waals surface area contributed by atoms with Crippen LogP contribution in [-0.4, -0.2) is 47.5 Å². The number of nitrogens with two attached hydrogens (primary N) is 1. The average molecular weight is 184 g/mol. The highest BCUT2D eigenvalue weighted by Gasteiger charge is 2.25. The Kier molecular flexibility index (Phi) is 2.81. The van der Waals surface area contributed by atoms with E-state index in [0.29, 0.717) is 0 Å². The lowest BCUT2D eigenvalue weighted by molar-refractivity contribution is 0.0876. The van der Waals surface area contributed by atoms with Crippen molar-refractivity contribution in [1.82, 2.24) is 9.80 Å². The molecule has 0 radical (unpaired) electrons. The number of nitrogens with one attached hydrogen (secondary N) is 1. The number of rotatable bonds is 0. The van der Waals surface area contributed by atoms with Crippen LogP contribution in [0.2, 0.25) is 0 Å². The summed E-state index contributed by atoms with van der Waals surface area (Å²) in [5.74, 6) is 0.202. The highest BCUT2D eigenvalue weighted by atomic mass is 15.3. The van der Waals surface area contributed by atoms with E-state index in [2.05, 4.69) is 25.7 Å². The maximum atomic E-state index is 7.30. The lowest BCUT2D eigenvalue weighted by atomic mass is 10.1. The van der Waals surface area contributed by atoms with Crippen molar-refractivity contribution < 1.29 is 0 Å². The molecule has 0 bridgehead atoms. The summed E-state index contributed by atoms with van der Waals surface area (Å²) in [7, 11) is 0. The number of nitrogens with zero attached hydrogens (tertiary/aromatic N) is 2. The van der Waals surface area contributed by atoms with Gasteiger partial charge in [-0.05, 0) is 20.8 Å². The first-order valence-electron chi connectivity index (χ1n) is 4.75. The predicted octanol–water partition coefficient (Wildman–Crippen LogP) is 0.296. The molecule has 1 fully saturated rings. The van der Waals surface area contributed by atoms with Crippen LogP contribution >= 0.6 is 0 Å². The van der Waals surface area contributed by atoms with Crippen LogP contribution in [0.5, 0.6) is 0 Å². The molecule has 0 aliphatic carbocycles. The smallest absolute Gasteiger partial charge is 0.188 e. The monoisotopic (exact) mass is 184 g/mol. The molecule has 1 heterocycles. The van der Waals surface area contributed by atoms with Crippen LogP contribution in [0.15, 0.2) is 0 Å². The molecule has 0 atom stereocenters. The zero-order chi connectivity index (χ0) is 10.1. The Labute approximate surface area is 80.2 Å². The van der Waals surface area contributed by atoms with E-state index in [-0.39, 0.29) is 11.5 Å². The van der Waals surface area contributed by atoms with Crippen LogP contribution in [0.1, 0.15) is 20.8 Å². The van der Waals surface area contributed by atoms with E-state index in [9.17, 15) is 0 Å². The van der Waals surface area contributed by atoms with Gasteiger partial charge in [0, 0.05) is 31.7 Å². The molecule has 0 spiro atoms. The zero-order valence-electron chi connectivity index (χ0n) is 8.80. The third-order valence-electron chi connectivity index (χ3n) is 2.57. The molecule has 1 aliphatic rings. The first-order chi connectivity index (χ1) is 5.91. The lowest BCUT2D eigenvalue weighted by Crippen LogP contribution is -2.55. The molecule has 0 amide bonds. The minimum Gasteiger partial charge on any atom is -0.370 e. The molecular weight excluding hydrogens is 164 g/mol. The fraction of sp³-hybridized carbons (Fsp3) is 0.889. The van der Waals surface area contributed by atoms with Gasteiger partial charge in [0.05, 0.1) is 0 Å². The molecule has 0 aromatic heterocycles. The summed E-state index contributed by atoms with van der Waals surface area (Å²) in [5, 5.41) is 7.30. The molecule has 4 heteroatoms. The summed E-state index contributed by atoms with van der Waals surface area (Å²) in [6.07, 6.45) is 0. The maximum absolute atomic E-state index is 7.30. The van der Waals surface area contributed by atoms with Gasteiger partial charge in [-0.1, -0.05) is 0 Å². The van der Waals surface area contributed by atoms with E-state index in [0.717, 1.165) is 26.2 Å². The van der Waals surface area contributed by atoms with Gasteiger partial charge in [0.2, 0.25) is 0 Å². The van der Waals surface area contributed by atoms with Gasteiger partial charge >= 0.3 is 0 Å². The minimum absolute atomic E-state index is 0.202. The van der Waals surface area contributed by atoms with Crippen LogP contribution in [0, 0.1) is 5.41 Å². The fourth-order valence-corrected chi connectivity index (χ4v) is 1.62. The first-order valence-corrected chi connectivity index (χ1v) is 4.75. The van der Waals surface area contributed by atoms with Crippen LogP contribution in [-0.2, 0) is 0 Å². The van der Waals surface area contributed by atoms with Gasteiger partial charge in [0.1, 0.15) is 0 Å². The minimum atomic E-state index is 0.202. The molecule has 1 saturated heterocycles. The Bertz CT molecular complexity index is 186. The fourth-order valence-electron chi connectivity index (χ4n) is 1.62. The largest absolute Gasteiger partial charge is 0.370 e. The Hall–Kier alpha value is -0.770. The molecule has 3 N–H and O–H groups in total. The highest BCUT2D eigenvalue weighted by Crippen LogP contribution is 2.15. The van der Waals surface area contributed by atoms with Gasteiger partial charge in [-0.2, -0.15) is 0 Å². The third kappa shape index (κ3) is 2.59. The summed E-state index contributed by atoms with van der Waals surface area (Å²) in [5.41, 5.74) is 5.65. The Morgan fingerprint density at radius 3 is 1.92 bits per heavy atom. The van der Waals surface area contributed by atoms with Gasteiger partial charge < -0.3 is 10.6 Å². The Balaban J connectivity index is 2.44. The van der Waals surface area contributed by atoms with Crippen molar-refractivity contribution in [3.05, 3.63) is 0 Å². The second-order valence-electron chi connectivity index (χ2n) is 4.53. The van der Waals surface area contributed by atoms with Crippen molar-refractivity contribution in [1.29, 1.82) is 5.41 Å². The van der Waals surface area contributed by atoms with Crippen molar-refractivity contribution in [2.75, 3.05) is 26.2 Å². The summed E-state index contributed by atoms with van der Waals surface area (Å²) < 4.78 is 0. The van der Waals surface area contributed by atoms with Crippen molar-refractivity contribution in [3.63, 3.8) is 0 Å². The van der Waals surface area contributed by atoms with Gasteiger partial charge in [0.25, 0.3) is 0 Å². The van der Waals surface area contributed by atoms with Crippen molar-refractivity contribution in [2.45, 2.75) is 26.3 Å². The van der Waals surface area contributed by atoms with Crippen LogP contribution in [0.3, 0.4) is 0 Å². The summed E-state index contributed by atoms with van der Waals surface area (Å²) in [6.45, 7) is 10.4. The van der Waals surface area contributed by atoms with Gasteiger partial charge in [-0.25, -0.2) is 0 Å². The van der Waals surface area contributed by atoms with E-state index in [1.54, 1.807) is 0 Å². The summed E-state index contributed by atoms with van der Waals surface area (Å²) in [6, 6.07) is 0. The molecule has 0 aromatic rings. The second-order valence-corrected chi connectivity index (χ2v) is 4.53. The second kappa shape index (κ2) is 3.54. The topological polar surface area (TPSA) is 56.4 Å². The summed E-state index contributed by atoms with van der Waals surface area (Å²) in [4.78, 5) is 4.34. The van der Waals surface area contributed by atoms with E-state index in [1.807, 2.05) is 4.90 Å². The van der Waals surface area contributed by atoms with Crippen molar-refractivity contribution in [3.8, 4) is 0 Å². The van der Waals surface area contributed by atoms with E-state index >= 15 is 0 Å². The SMILES string of the molecule is CC(C)(C)N1CCN(C(=N)N)CC1. The quantitative estimate of drug-likeness (QED) is 0.420. The number of hydrogen-bond donors (Lipinski definition) is 2. The van der Waals surface area contributed by atoms with E-state index in [4.69, 9.17) is 11.1 Å². The molecular formula is C9H20N4. The number of piperazine rings is 1. The molecule has 1 rings (SSSR count). The van der Waals surface area contributed by atoms with E-state index < -0.39 is 0 Å². The summed E-state index contributed by atoms with van der Waals surface area (Å²) >= 11 is 0. The number of guanidine groups is 1. The molecule has 4 nitrogen and oxygen atoms in total. The van der Waals surface area contributed by atoms with Gasteiger partial charge in [-0.15, -0.1) is 0 Å². The van der Waals surface area contributed by atoms with E-state index in [1.165, 1.54) is 0 Å². The zero-order valence-corrected chi connectivity index (χ0v) is 8.80. The van der Waals surface area contributed by atoms with Crippen LogP contribution in [0.4, 0.5) is 0 Å². The molecule has 0 saturated carbocycles.